The number of carbonyl (C=O) groups is 1. The highest BCUT2D eigenvalue weighted by atomic mass is 16.5. The highest BCUT2D eigenvalue weighted by molar-refractivity contribution is 5.89. The van der Waals surface area contributed by atoms with Crippen LogP contribution in [0.15, 0.2) is 24.3 Å². The minimum absolute atomic E-state index is 0.266. The molecule has 1 saturated heterocycles. The predicted octanol–water partition coefficient (Wildman–Crippen LogP) is 2.21. The van der Waals surface area contributed by atoms with Crippen molar-refractivity contribution in [1.29, 1.82) is 0 Å². The lowest BCUT2D eigenvalue weighted by molar-refractivity contribution is 0.0600. The Hall–Kier alpha value is -1.39. The molecule has 2 rings (SSSR count). The van der Waals surface area contributed by atoms with Crippen LogP contribution in [0.4, 0.5) is 0 Å². The normalized spacial score (nSPS) is 19.2. The van der Waals surface area contributed by atoms with Gasteiger partial charge >= 0.3 is 5.97 Å². The number of hydrogen-bond donors (Lipinski definition) is 1. The zero-order valence-electron chi connectivity index (χ0n) is 12.0. The molecule has 20 heavy (non-hydrogen) atoms. The molecule has 1 aromatic rings. The fourth-order valence-electron chi connectivity index (χ4n) is 2.91. The zero-order chi connectivity index (χ0) is 14.4. The Kier molecular flexibility index (Phi) is 5.56. The van der Waals surface area contributed by atoms with Crippen LogP contribution in [0.1, 0.15) is 41.6 Å². The van der Waals surface area contributed by atoms with Crippen molar-refractivity contribution in [1.82, 2.24) is 4.90 Å². The summed E-state index contributed by atoms with van der Waals surface area (Å²) in [4.78, 5) is 14.0. The van der Waals surface area contributed by atoms with Crippen molar-refractivity contribution in [3.05, 3.63) is 35.4 Å². The first kappa shape index (κ1) is 15.0. The zero-order valence-corrected chi connectivity index (χ0v) is 12.0. The lowest BCUT2D eigenvalue weighted by Gasteiger charge is -2.24. The minimum atomic E-state index is -0.287. The van der Waals surface area contributed by atoms with Gasteiger partial charge in [0.2, 0.25) is 0 Å². The van der Waals surface area contributed by atoms with E-state index in [1.54, 1.807) is 6.07 Å². The van der Waals surface area contributed by atoms with Gasteiger partial charge in [-0.15, -0.1) is 0 Å². The number of methoxy groups -OCH3 is 1. The molecule has 4 nitrogen and oxygen atoms in total. The number of hydrogen-bond acceptors (Lipinski definition) is 4. The smallest absolute Gasteiger partial charge is 0.337 e. The number of aliphatic hydroxyl groups excluding tert-OH is 1. The molecule has 1 fully saturated rings. The third kappa shape index (κ3) is 3.81. The maximum atomic E-state index is 11.5. The van der Waals surface area contributed by atoms with Gasteiger partial charge in [-0.25, -0.2) is 4.79 Å². The molecule has 0 aromatic heterocycles. The van der Waals surface area contributed by atoms with Crippen molar-refractivity contribution < 1.29 is 14.6 Å². The van der Waals surface area contributed by atoms with Crippen LogP contribution in [-0.4, -0.2) is 42.3 Å². The average Bonchev–Trinajstić information content (AvgIpc) is 2.91. The summed E-state index contributed by atoms with van der Waals surface area (Å²) in [5, 5.41) is 8.96. The SMILES string of the molecule is COC(=O)c1cccc(CN2CCCC2CCCO)c1. The molecule has 0 radical (unpaired) electrons. The Morgan fingerprint density at radius 1 is 1.50 bits per heavy atom. The van der Waals surface area contributed by atoms with Gasteiger partial charge in [-0.05, 0) is 49.9 Å². The number of benzene rings is 1. The number of aliphatic hydroxyl groups is 1. The summed E-state index contributed by atoms with van der Waals surface area (Å²) in [5.74, 6) is -0.287. The first-order valence-electron chi connectivity index (χ1n) is 7.26. The molecule has 0 amide bonds. The van der Waals surface area contributed by atoms with Gasteiger partial charge in [0.25, 0.3) is 0 Å². The van der Waals surface area contributed by atoms with Gasteiger partial charge < -0.3 is 9.84 Å². The van der Waals surface area contributed by atoms with Gasteiger partial charge in [0.1, 0.15) is 0 Å². The van der Waals surface area contributed by atoms with Crippen LogP contribution in [0.5, 0.6) is 0 Å². The van der Waals surface area contributed by atoms with Gasteiger partial charge in [-0.3, -0.25) is 4.90 Å². The summed E-state index contributed by atoms with van der Waals surface area (Å²) >= 11 is 0. The number of likely N-dealkylation sites (tertiary alicyclic amines) is 1. The average molecular weight is 277 g/mol. The molecule has 1 unspecified atom stereocenters. The molecule has 4 heteroatoms. The number of carbonyl (C=O) groups excluding carboxylic acids is 1. The van der Waals surface area contributed by atoms with Gasteiger partial charge in [0.05, 0.1) is 12.7 Å². The number of nitrogens with zero attached hydrogens (tertiary/aromatic N) is 1. The Balaban J connectivity index is 2.00. The molecule has 110 valence electrons. The highest BCUT2D eigenvalue weighted by Gasteiger charge is 2.23. The Morgan fingerprint density at radius 2 is 2.35 bits per heavy atom. The summed E-state index contributed by atoms with van der Waals surface area (Å²) in [7, 11) is 1.40. The van der Waals surface area contributed by atoms with Crippen LogP contribution >= 0.6 is 0 Å². The maximum absolute atomic E-state index is 11.5. The first-order chi connectivity index (χ1) is 9.74. The van der Waals surface area contributed by atoms with Crippen LogP contribution in [0.2, 0.25) is 0 Å². The Bertz CT molecular complexity index is 447. The molecule has 1 aliphatic rings. The highest BCUT2D eigenvalue weighted by Crippen LogP contribution is 2.23. The van der Waals surface area contributed by atoms with E-state index in [4.69, 9.17) is 9.84 Å². The van der Waals surface area contributed by atoms with E-state index >= 15 is 0 Å². The van der Waals surface area contributed by atoms with Crippen molar-refractivity contribution in [3.8, 4) is 0 Å². The van der Waals surface area contributed by atoms with E-state index in [1.807, 2.05) is 18.2 Å². The standard InChI is InChI=1S/C16H23NO3/c1-20-16(19)14-6-2-5-13(11-14)12-17-9-3-7-15(17)8-4-10-18/h2,5-6,11,15,18H,3-4,7-10,12H2,1H3. The van der Waals surface area contributed by atoms with Gasteiger partial charge in [0.15, 0.2) is 0 Å². The molecular formula is C16H23NO3. The minimum Gasteiger partial charge on any atom is -0.465 e. The maximum Gasteiger partial charge on any atom is 0.337 e. The van der Waals surface area contributed by atoms with Gasteiger partial charge in [0, 0.05) is 19.2 Å². The molecule has 0 spiro atoms. The second-order valence-electron chi connectivity index (χ2n) is 5.32. The molecule has 0 aliphatic carbocycles. The van der Waals surface area contributed by atoms with Crippen LogP contribution < -0.4 is 0 Å². The fraction of sp³-hybridized carbons (Fsp3) is 0.562. The fourth-order valence-corrected chi connectivity index (χ4v) is 2.91. The molecule has 1 heterocycles. The van der Waals surface area contributed by atoms with Crippen LogP contribution in [0.3, 0.4) is 0 Å². The monoisotopic (exact) mass is 277 g/mol. The topological polar surface area (TPSA) is 49.8 Å². The van der Waals surface area contributed by atoms with E-state index in [0.717, 1.165) is 31.5 Å². The van der Waals surface area contributed by atoms with Crippen molar-refractivity contribution in [2.45, 2.75) is 38.3 Å². The second kappa shape index (κ2) is 7.41. The molecule has 0 saturated carbocycles. The van der Waals surface area contributed by atoms with E-state index in [-0.39, 0.29) is 12.6 Å². The second-order valence-corrected chi connectivity index (χ2v) is 5.32. The van der Waals surface area contributed by atoms with E-state index in [1.165, 1.54) is 20.0 Å². The molecular weight excluding hydrogens is 254 g/mol. The van der Waals surface area contributed by atoms with E-state index in [2.05, 4.69) is 4.90 Å². The molecule has 0 bridgehead atoms. The quantitative estimate of drug-likeness (QED) is 0.810. The Labute approximate surface area is 120 Å². The summed E-state index contributed by atoms with van der Waals surface area (Å²) in [5.41, 5.74) is 1.75. The largest absolute Gasteiger partial charge is 0.465 e. The van der Waals surface area contributed by atoms with Gasteiger partial charge in [-0.1, -0.05) is 12.1 Å². The van der Waals surface area contributed by atoms with Crippen molar-refractivity contribution in [2.24, 2.45) is 0 Å². The molecule has 1 atom stereocenters. The van der Waals surface area contributed by atoms with Gasteiger partial charge in [-0.2, -0.15) is 0 Å². The Morgan fingerprint density at radius 3 is 3.10 bits per heavy atom. The summed E-state index contributed by atoms with van der Waals surface area (Å²) in [6.07, 6.45) is 4.33. The van der Waals surface area contributed by atoms with Crippen LogP contribution in [-0.2, 0) is 11.3 Å². The van der Waals surface area contributed by atoms with Crippen molar-refractivity contribution >= 4 is 5.97 Å². The third-order valence-electron chi connectivity index (χ3n) is 3.93. The number of esters is 1. The van der Waals surface area contributed by atoms with Crippen molar-refractivity contribution in [2.75, 3.05) is 20.3 Å². The summed E-state index contributed by atoms with van der Waals surface area (Å²) in [6.45, 7) is 2.22. The third-order valence-corrected chi connectivity index (χ3v) is 3.93. The lowest BCUT2D eigenvalue weighted by Crippen LogP contribution is -2.29. The summed E-state index contributed by atoms with van der Waals surface area (Å²) in [6, 6.07) is 8.20. The molecule has 1 N–H and O–H groups in total. The van der Waals surface area contributed by atoms with Crippen LogP contribution in [0.25, 0.3) is 0 Å². The lowest BCUT2D eigenvalue weighted by atomic mass is 10.1. The molecule has 1 aliphatic heterocycles. The number of rotatable bonds is 6. The molecule has 1 aromatic carbocycles. The van der Waals surface area contributed by atoms with E-state index in [0.29, 0.717) is 11.6 Å². The number of ether oxygens (including phenoxy) is 1. The predicted molar refractivity (Wildman–Crippen MR) is 77.5 cm³/mol. The van der Waals surface area contributed by atoms with E-state index < -0.39 is 0 Å². The van der Waals surface area contributed by atoms with Crippen LogP contribution in [0, 0.1) is 0 Å². The van der Waals surface area contributed by atoms with E-state index in [9.17, 15) is 4.79 Å². The summed E-state index contributed by atoms with van der Waals surface area (Å²) < 4.78 is 4.76. The van der Waals surface area contributed by atoms with Crippen molar-refractivity contribution in [3.63, 3.8) is 0 Å². The first-order valence-corrected chi connectivity index (χ1v) is 7.26.